The molecule has 0 spiro atoms. The van der Waals surface area contributed by atoms with Crippen LogP contribution in [-0.2, 0) is 4.74 Å². The van der Waals surface area contributed by atoms with Crippen LogP contribution in [0.5, 0.6) is 0 Å². The predicted octanol–water partition coefficient (Wildman–Crippen LogP) is 3.20. The third-order valence-electron chi connectivity index (χ3n) is 3.18. The van der Waals surface area contributed by atoms with Gasteiger partial charge in [-0.05, 0) is 31.6 Å². The first-order chi connectivity index (χ1) is 7.79. The molecule has 0 aromatic carbocycles. The fraction of sp³-hybridized carbons (Fsp3) is 0.909. The molecule has 100 valence electrons. The van der Waals surface area contributed by atoms with Crippen molar-refractivity contribution in [2.24, 2.45) is 5.92 Å². The van der Waals surface area contributed by atoms with E-state index in [-0.39, 0.29) is 6.04 Å². The Labute approximate surface area is 98.9 Å². The van der Waals surface area contributed by atoms with Crippen molar-refractivity contribution in [3.8, 4) is 0 Å². The molecule has 0 aromatic heterocycles. The van der Waals surface area contributed by atoms with Gasteiger partial charge in [-0.1, -0.05) is 6.92 Å². The molecule has 1 saturated carbocycles. The Morgan fingerprint density at radius 1 is 1.29 bits per heavy atom. The van der Waals surface area contributed by atoms with Crippen LogP contribution in [0.1, 0.15) is 32.6 Å². The summed E-state index contributed by atoms with van der Waals surface area (Å²) in [6, 6.07) is 0.00642. The molecule has 1 rings (SSSR count). The van der Waals surface area contributed by atoms with E-state index in [1.165, 1.54) is 11.9 Å². The molecule has 1 aliphatic rings. The summed E-state index contributed by atoms with van der Waals surface area (Å²) in [7, 11) is 1.50. The van der Waals surface area contributed by atoms with Crippen molar-refractivity contribution in [2.45, 2.75) is 44.8 Å². The van der Waals surface area contributed by atoms with Crippen LogP contribution in [0.15, 0.2) is 0 Å². The number of nitrogens with zero attached hydrogens (tertiary/aromatic N) is 1. The van der Waals surface area contributed by atoms with Crippen LogP contribution in [0, 0.1) is 5.92 Å². The second-order valence-corrected chi connectivity index (χ2v) is 4.69. The van der Waals surface area contributed by atoms with Crippen LogP contribution < -0.4 is 0 Å². The van der Waals surface area contributed by atoms with Gasteiger partial charge < -0.3 is 9.64 Å². The molecule has 0 unspecified atom stereocenters. The van der Waals surface area contributed by atoms with E-state index in [4.69, 9.17) is 0 Å². The minimum Gasteiger partial charge on any atom is -0.440 e. The first-order valence-electron chi connectivity index (χ1n) is 5.76. The van der Waals surface area contributed by atoms with Crippen LogP contribution in [0.3, 0.4) is 0 Å². The van der Waals surface area contributed by atoms with Gasteiger partial charge in [0.2, 0.25) is 0 Å². The topological polar surface area (TPSA) is 29.5 Å². The zero-order chi connectivity index (χ0) is 13.1. The van der Waals surface area contributed by atoms with Crippen LogP contribution in [0.25, 0.3) is 0 Å². The number of ether oxygens (including phenoxy) is 1. The third-order valence-corrected chi connectivity index (χ3v) is 3.18. The number of hydrogen-bond acceptors (Lipinski definition) is 2. The summed E-state index contributed by atoms with van der Waals surface area (Å²) in [5.41, 5.74) is 0. The van der Waals surface area contributed by atoms with Crippen LogP contribution in [0.2, 0.25) is 0 Å². The number of amides is 1. The van der Waals surface area contributed by atoms with Crippen LogP contribution >= 0.6 is 0 Å². The van der Waals surface area contributed by atoms with E-state index in [1.807, 2.05) is 0 Å². The largest absolute Gasteiger partial charge is 0.440 e. The Balaban J connectivity index is 2.36. The second-order valence-electron chi connectivity index (χ2n) is 4.69. The fourth-order valence-corrected chi connectivity index (χ4v) is 2.02. The molecule has 0 bridgehead atoms. The fourth-order valence-electron chi connectivity index (χ4n) is 2.02. The number of alkyl halides is 3. The lowest BCUT2D eigenvalue weighted by atomic mass is 9.87. The lowest BCUT2D eigenvalue weighted by Crippen LogP contribution is -2.40. The highest BCUT2D eigenvalue weighted by molar-refractivity contribution is 5.67. The van der Waals surface area contributed by atoms with E-state index in [1.54, 1.807) is 0 Å². The van der Waals surface area contributed by atoms with Gasteiger partial charge in [-0.15, -0.1) is 0 Å². The predicted molar refractivity (Wildman–Crippen MR) is 56.6 cm³/mol. The molecular formula is C11H18F3NO2. The zero-order valence-electron chi connectivity index (χ0n) is 10.1. The molecule has 17 heavy (non-hydrogen) atoms. The van der Waals surface area contributed by atoms with Gasteiger partial charge in [-0.25, -0.2) is 4.79 Å². The average Bonchev–Trinajstić information content (AvgIpc) is 2.25. The van der Waals surface area contributed by atoms with Gasteiger partial charge in [-0.2, -0.15) is 13.2 Å². The van der Waals surface area contributed by atoms with Gasteiger partial charge in [0.15, 0.2) is 6.61 Å². The molecule has 0 atom stereocenters. The lowest BCUT2D eigenvalue weighted by Gasteiger charge is -2.32. The molecule has 0 N–H and O–H groups in total. The molecule has 3 nitrogen and oxygen atoms in total. The normalized spacial score (nSPS) is 25.5. The summed E-state index contributed by atoms with van der Waals surface area (Å²) in [6.07, 6.45) is -1.68. The van der Waals surface area contributed by atoms with Crippen LogP contribution in [0.4, 0.5) is 18.0 Å². The highest BCUT2D eigenvalue weighted by Gasteiger charge is 2.32. The van der Waals surface area contributed by atoms with Gasteiger partial charge in [0.1, 0.15) is 0 Å². The minimum atomic E-state index is -4.46. The van der Waals surface area contributed by atoms with E-state index in [0.717, 1.165) is 25.7 Å². The summed E-state index contributed by atoms with van der Waals surface area (Å²) in [6.45, 7) is 0.623. The van der Waals surface area contributed by atoms with Crippen molar-refractivity contribution in [3.63, 3.8) is 0 Å². The second kappa shape index (κ2) is 5.60. The highest BCUT2D eigenvalue weighted by atomic mass is 19.4. The molecule has 6 heteroatoms. The number of hydrogen-bond donors (Lipinski definition) is 0. The van der Waals surface area contributed by atoms with Crippen molar-refractivity contribution in [1.82, 2.24) is 4.90 Å². The van der Waals surface area contributed by atoms with Crippen molar-refractivity contribution in [3.05, 3.63) is 0 Å². The molecule has 0 saturated heterocycles. The van der Waals surface area contributed by atoms with E-state index in [0.29, 0.717) is 5.92 Å². The van der Waals surface area contributed by atoms with E-state index < -0.39 is 18.9 Å². The molecule has 0 heterocycles. The monoisotopic (exact) mass is 253 g/mol. The highest BCUT2D eigenvalue weighted by Crippen LogP contribution is 2.27. The van der Waals surface area contributed by atoms with Gasteiger partial charge >= 0.3 is 12.3 Å². The van der Waals surface area contributed by atoms with Crippen molar-refractivity contribution >= 4 is 6.09 Å². The van der Waals surface area contributed by atoms with Gasteiger partial charge in [-0.3, -0.25) is 0 Å². The smallest absolute Gasteiger partial charge is 0.422 e. The standard InChI is InChI=1S/C11H18F3NO2/c1-8-3-5-9(6-4-8)15(2)10(16)17-7-11(12,13)14/h8-9H,3-7H2,1-2H3. The van der Waals surface area contributed by atoms with Crippen molar-refractivity contribution in [1.29, 1.82) is 0 Å². The van der Waals surface area contributed by atoms with Crippen molar-refractivity contribution in [2.75, 3.05) is 13.7 Å². The quantitative estimate of drug-likeness (QED) is 0.756. The molecular weight excluding hydrogens is 235 g/mol. The van der Waals surface area contributed by atoms with E-state index in [9.17, 15) is 18.0 Å². The summed E-state index contributed by atoms with van der Waals surface area (Å²) in [5.74, 6) is 0.630. The number of halogens is 3. The summed E-state index contributed by atoms with van der Waals surface area (Å²) in [5, 5.41) is 0. The Morgan fingerprint density at radius 3 is 2.29 bits per heavy atom. The first kappa shape index (κ1) is 14.1. The molecule has 0 aromatic rings. The van der Waals surface area contributed by atoms with Gasteiger partial charge in [0.05, 0.1) is 0 Å². The average molecular weight is 253 g/mol. The first-order valence-corrected chi connectivity index (χ1v) is 5.76. The zero-order valence-corrected chi connectivity index (χ0v) is 10.1. The minimum absolute atomic E-state index is 0.00642. The number of carbonyl (C=O) groups excluding carboxylic acids is 1. The summed E-state index contributed by atoms with van der Waals surface area (Å²) < 4.78 is 39.8. The molecule has 1 aliphatic carbocycles. The van der Waals surface area contributed by atoms with E-state index in [2.05, 4.69) is 11.7 Å². The maximum atomic E-state index is 11.9. The Kier molecular flexibility index (Phi) is 4.65. The number of carbonyl (C=O) groups is 1. The Bertz CT molecular complexity index is 260. The Morgan fingerprint density at radius 2 is 1.82 bits per heavy atom. The Hall–Kier alpha value is -0.940. The maximum Gasteiger partial charge on any atom is 0.422 e. The lowest BCUT2D eigenvalue weighted by molar-refractivity contribution is -0.162. The molecule has 0 aliphatic heterocycles. The molecule has 0 radical (unpaired) electrons. The number of rotatable bonds is 2. The summed E-state index contributed by atoms with van der Waals surface area (Å²) in [4.78, 5) is 12.7. The SMILES string of the molecule is CC1CCC(N(C)C(=O)OCC(F)(F)F)CC1. The van der Waals surface area contributed by atoms with Crippen LogP contribution in [-0.4, -0.2) is 36.9 Å². The molecule has 1 amide bonds. The molecule has 1 fully saturated rings. The van der Waals surface area contributed by atoms with E-state index >= 15 is 0 Å². The summed E-state index contributed by atoms with van der Waals surface area (Å²) >= 11 is 0. The maximum absolute atomic E-state index is 11.9. The van der Waals surface area contributed by atoms with Gasteiger partial charge in [0, 0.05) is 13.1 Å². The van der Waals surface area contributed by atoms with Gasteiger partial charge in [0.25, 0.3) is 0 Å². The van der Waals surface area contributed by atoms with Crippen molar-refractivity contribution < 1.29 is 22.7 Å². The third kappa shape index (κ3) is 4.83.